The molecule has 2 fully saturated rings. The number of aromatic nitrogens is 12. The van der Waals surface area contributed by atoms with Gasteiger partial charge in [0.15, 0.2) is 5.76 Å². The predicted molar refractivity (Wildman–Crippen MR) is 493 cm³/mol. The van der Waals surface area contributed by atoms with Crippen LogP contribution in [0.1, 0.15) is 161 Å². The Balaban J connectivity index is 0.000000130. The van der Waals surface area contributed by atoms with E-state index in [2.05, 4.69) is 35.3 Å². The summed E-state index contributed by atoms with van der Waals surface area (Å²) in [6, 6.07) is 68.6. The van der Waals surface area contributed by atoms with Gasteiger partial charge >= 0.3 is 12.3 Å². The summed E-state index contributed by atoms with van der Waals surface area (Å²) in [5, 5.41) is 34.1. The van der Waals surface area contributed by atoms with E-state index in [-0.39, 0.29) is 52.7 Å². The highest BCUT2D eigenvalue weighted by atomic mass is 35.5. The average molecular weight is 1780 g/mol. The molecule has 0 spiro atoms. The normalized spacial score (nSPS) is 12.7. The second-order valence-electron chi connectivity index (χ2n) is 27.8. The zero-order valence-corrected chi connectivity index (χ0v) is 71.5. The molecule has 2 saturated carbocycles. The Morgan fingerprint density at radius 3 is 1.10 bits per heavy atom. The number of nitrogens with zero attached hydrogens (tertiary/aromatic N) is 12. The van der Waals surface area contributed by atoms with Crippen LogP contribution in [0.4, 0.5) is 13.2 Å². The molecular formula is C97H80ClF3N12O9S4. The number of benzene rings is 5. The number of carbonyl (C=O) groups excluding carboxylic acids is 6. The van der Waals surface area contributed by atoms with Crippen molar-refractivity contribution >= 4 is 165 Å². The van der Waals surface area contributed by atoms with Crippen LogP contribution in [0.5, 0.6) is 11.5 Å². The smallest absolute Gasteiger partial charge is 0.497 e. The van der Waals surface area contributed by atoms with Gasteiger partial charge in [-0.25, -0.2) is 28.1 Å². The highest BCUT2D eigenvalue weighted by molar-refractivity contribution is 7.11. The van der Waals surface area contributed by atoms with Crippen LogP contribution in [0.3, 0.4) is 0 Å². The molecule has 2 aliphatic carbocycles. The van der Waals surface area contributed by atoms with E-state index in [0.29, 0.717) is 21.8 Å². The number of hydrogen-bond donors (Lipinski definition) is 0. The Labute approximate surface area is 744 Å². The molecule has 29 heteroatoms. The van der Waals surface area contributed by atoms with Gasteiger partial charge in [0.25, 0.3) is 17.7 Å². The number of alkyl halides is 3. The molecule has 11 heterocycles. The quantitative estimate of drug-likeness (QED) is 0.0689. The Kier molecular flexibility index (Phi) is 32.0. The number of hydrogen-bond acceptors (Lipinski definition) is 19. The number of para-hydroxylation sites is 1. The van der Waals surface area contributed by atoms with E-state index in [0.717, 1.165) is 96.4 Å². The first-order chi connectivity index (χ1) is 61.4. The van der Waals surface area contributed by atoms with Gasteiger partial charge in [-0.15, -0.1) is 58.5 Å². The van der Waals surface area contributed by atoms with E-state index in [1.807, 2.05) is 216 Å². The highest BCUT2D eigenvalue weighted by Gasteiger charge is 2.34. The van der Waals surface area contributed by atoms with Crippen molar-refractivity contribution in [3.05, 3.63) is 388 Å². The zero-order valence-electron chi connectivity index (χ0n) is 67.5. The summed E-state index contributed by atoms with van der Waals surface area (Å²) < 4.78 is 59.4. The van der Waals surface area contributed by atoms with E-state index in [1.54, 1.807) is 168 Å². The molecule has 0 aliphatic heterocycles. The molecule has 0 unspecified atom stereocenters. The predicted octanol–water partition coefficient (Wildman–Crippen LogP) is 23.7. The zero-order chi connectivity index (χ0) is 87.8. The minimum absolute atomic E-state index is 0.126. The Bertz CT molecular complexity index is 6350. The van der Waals surface area contributed by atoms with Crippen LogP contribution in [-0.2, 0) is 0 Å². The number of ether oxygens (including phenoxy) is 2. The second kappa shape index (κ2) is 45.1. The lowest BCUT2D eigenvalue weighted by molar-refractivity contribution is -0.274. The Morgan fingerprint density at radius 1 is 0.373 bits per heavy atom. The number of methoxy groups -OCH3 is 1. The molecule has 0 amide bonds. The average Bonchev–Trinajstić information content (AvgIpc) is 1.55. The van der Waals surface area contributed by atoms with Crippen molar-refractivity contribution in [3.8, 4) is 11.5 Å². The summed E-state index contributed by atoms with van der Waals surface area (Å²) in [5.74, 6) is -0.273. The molecule has 5 aromatic carbocycles. The minimum Gasteiger partial charge on any atom is -0.497 e. The van der Waals surface area contributed by atoms with Gasteiger partial charge in [-0.05, 0) is 253 Å². The van der Waals surface area contributed by atoms with Crippen molar-refractivity contribution < 1.29 is 55.8 Å². The second-order valence-corrected chi connectivity index (χ2v) is 32.1. The number of rotatable bonds is 20. The summed E-state index contributed by atoms with van der Waals surface area (Å²) in [6.07, 6.45) is 37.1. The molecule has 18 rings (SSSR count). The van der Waals surface area contributed by atoms with Crippen molar-refractivity contribution in [2.75, 3.05) is 7.11 Å². The minimum atomic E-state index is -4.88. The highest BCUT2D eigenvalue weighted by Crippen LogP contribution is 2.32. The lowest BCUT2D eigenvalue weighted by Gasteiger charge is -2.19. The van der Waals surface area contributed by atoms with Gasteiger partial charge in [0, 0.05) is 84.7 Å². The van der Waals surface area contributed by atoms with Crippen molar-refractivity contribution in [1.29, 1.82) is 0 Å². The van der Waals surface area contributed by atoms with Gasteiger partial charge in [0.2, 0.25) is 11.8 Å². The van der Waals surface area contributed by atoms with Crippen LogP contribution in [0.25, 0.3) is 72.9 Å². The molecule has 0 atom stereocenters. The van der Waals surface area contributed by atoms with E-state index >= 15 is 0 Å². The van der Waals surface area contributed by atoms with Gasteiger partial charge in [0.1, 0.15) is 11.5 Å². The van der Waals surface area contributed by atoms with Gasteiger partial charge < -0.3 is 13.9 Å². The first-order valence-corrected chi connectivity index (χ1v) is 43.5. The monoisotopic (exact) mass is 1780 g/mol. The maximum atomic E-state index is 12.5. The van der Waals surface area contributed by atoms with Gasteiger partial charge in [0.05, 0.1) is 53.1 Å². The molecule has 634 valence electrons. The van der Waals surface area contributed by atoms with Crippen molar-refractivity contribution in [2.45, 2.75) is 51.3 Å². The van der Waals surface area contributed by atoms with Gasteiger partial charge in [-0.2, -0.15) is 30.6 Å². The largest absolute Gasteiger partial charge is 0.573 e. The van der Waals surface area contributed by atoms with Crippen molar-refractivity contribution in [3.63, 3.8) is 0 Å². The summed E-state index contributed by atoms with van der Waals surface area (Å²) >= 11 is 12.5. The third-order valence-electron chi connectivity index (χ3n) is 18.7. The molecule has 0 N–H and O–H groups in total. The third-order valence-corrected chi connectivity index (χ3v) is 22.3. The molecular weight excluding hydrogens is 1700 g/mol. The lowest BCUT2D eigenvalue weighted by Crippen LogP contribution is -2.24. The maximum absolute atomic E-state index is 12.5. The van der Waals surface area contributed by atoms with Crippen LogP contribution in [-0.4, -0.2) is 108 Å². The number of halogens is 4. The molecule has 21 nitrogen and oxygen atoms in total. The summed E-state index contributed by atoms with van der Waals surface area (Å²) in [6.45, 7) is 0. The van der Waals surface area contributed by atoms with Crippen LogP contribution in [0.2, 0.25) is 5.02 Å². The molecule has 2 aliphatic rings. The fraction of sp³-hybridized carbons (Fsp3) is 0.113. The van der Waals surface area contributed by atoms with Crippen LogP contribution < -0.4 is 9.47 Å². The molecule has 0 saturated heterocycles. The van der Waals surface area contributed by atoms with Crippen LogP contribution in [0, 0.1) is 11.8 Å². The first-order valence-electron chi connectivity index (χ1n) is 39.6. The molecule has 0 bridgehead atoms. The lowest BCUT2D eigenvalue weighted by atomic mass is 9.89. The standard InChI is InChI=1S/C19H13F3N2O2.C18H20N2O.C17H14N2O2S.C16H11ClN2OS.C14H10N2O2S.C13H12N2OS/c20-19(21,22)26-17-9-5-4-8-16(17)18(25)24-13-12-15(23-24)11-10-14-6-2-1-3-7-14;21-18(16-9-5-2-6-10-16)20-14-13-17(19-20)12-11-15-7-3-1-4-8-15;1-21-15-7-4-13(5-8-15)17(20)19-11-10-14(18-19)6-9-16-3-2-12-22-16;17-13-5-3-12(4-6-13)16(20)19-10-9-14(18-19)7-8-15-2-1-11-21-15;17-14(13-4-1-9-18-13)16-8-7-11(15-16)5-6-12-3-2-10-19-12;16-13(10-3-4-10)15-8-7-11(14-15)5-6-12-2-1-9-17-12/h1-13H;1,3-4,7-8,11-14,16H,2,5-6,9-10H2;2-12H,1H3;1-11H;1-10H;1-2,5-10H,3-4H2/b11-10+;12-11+;9-6+;8-7+;2*6-5+. The summed E-state index contributed by atoms with van der Waals surface area (Å²) in [5.41, 5.74) is 7.34. The van der Waals surface area contributed by atoms with Crippen molar-refractivity contribution in [2.24, 2.45) is 11.8 Å². The maximum Gasteiger partial charge on any atom is 0.573 e. The molecule has 126 heavy (non-hydrogen) atoms. The SMILES string of the molecule is COc1ccc(C(=O)n2ccc(/C=C/c3cccs3)n2)cc1.O=C(C1CC1)n1ccc(/C=C/c2cccs2)n1.O=C(C1CCCCC1)n1ccc(/C=C/c2ccccc2)n1.O=C(c1ccc(Cl)cc1)n1ccc(/C=C/c2cccs2)n1.O=C(c1ccccc1OC(F)(F)F)n1ccc(/C=C/c2ccccc2)n1.O=C(c1ccco1)n1ccc(/C=C/c2cccs2)n1. The van der Waals surface area contributed by atoms with Gasteiger partial charge in [-0.1, -0.05) is 140 Å². The molecule has 11 aromatic heterocycles. The molecule has 0 radical (unpaired) electrons. The van der Waals surface area contributed by atoms with Crippen LogP contribution >= 0.6 is 56.9 Å². The fourth-order valence-electron chi connectivity index (χ4n) is 12.1. The van der Waals surface area contributed by atoms with Crippen LogP contribution in [0.15, 0.2) is 300 Å². The molecule has 16 aromatic rings. The third kappa shape index (κ3) is 27.3. The summed E-state index contributed by atoms with van der Waals surface area (Å²) in [4.78, 5) is 77.7. The van der Waals surface area contributed by atoms with Gasteiger partial charge in [-0.3, -0.25) is 28.8 Å². The topological polar surface area (TPSA) is 241 Å². The van der Waals surface area contributed by atoms with E-state index in [9.17, 15) is 41.9 Å². The number of furan rings is 1. The number of carbonyl (C=O) groups is 6. The first kappa shape index (κ1) is 89.3. The Hall–Kier alpha value is -14.4. The fourth-order valence-corrected chi connectivity index (χ4v) is 14.7. The number of thiophene rings is 4. The van der Waals surface area contributed by atoms with E-state index in [4.69, 9.17) is 20.8 Å². The van der Waals surface area contributed by atoms with E-state index < -0.39 is 18.0 Å². The van der Waals surface area contributed by atoms with Crippen molar-refractivity contribution in [1.82, 2.24) is 58.7 Å². The summed E-state index contributed by atoms with van der Waals surface area (Å²) in [7, 11) is 1.59. The van der Waals surface area contributed by atoms with E-state index in [1.165, 1.54) is 78.2 Å². The Morgan fingerprint density at radius 2 is 0.730 bits per heavy atom.